The van der Waals surface area contributed by atoms with E-state index in [0.29, 0.717) is 11.3 Å². The van der Waals surface area contributed by atoms with E-state index in [1.165, 1.54) is 73.5 Å². The van der Waals surface area contributed by atoms with Crippen LogP contribution in [0.2, 0.25) is 0 Å². The van der Waals surface area contributed by atoms with Gasteiger partial charge in [-0.25, -0.2) is 4.39 Å². The summed E-state index contributed by atoms with van der Waals surface area (Å²) < 4.78 is 50.1. The number of carbonyl (C=O) groups excluding carboxylic acids is 2. The zero-order chi connectivity index (χ0) is 26.5. The molecule has 2 amide bonds. The Balaban J connectivity index is 1.87. The van der Waals surface area contributed by atoms with Crippen LogP contribution in [-0.4, -0.2) is 38.3 Å². The van der Waals surface area contributed by atoms with E-state index in [1.54, 1.807) is 12.1 Å². The molecule has 190 valence electrons. The van der Waals surface area contributed by atoms with Gasteiger partial charge in [-0.1, -0.05) is 12.1 Å². The molecule has 36 heavy (non-hydrogen) atoms. The van der Waals surface area contributed by atoms with Crippen molar-refractivity contribution in [2.45, 2.75) is 38.3 Å². The molecule has 0 unspecified atom stereocenters. The summed E-state index contributed by atoms with van der Waals surface area (Å²) in [5, 5.41) is 2.56. The van der Waals surface area contributed by atoms with Crippen molar-refractivity contribution in [1.29, 1.82) is 0 Å². The Kier molecular flexibility index (Phi) is 8.31. The van der Waals surface area contributed by atoms with Crippen molar-refractivity contribution in [1.82, 2.24) is 4.90 Å². The van der Waals surface area contributed by atoms with Crippen LogP contribution in [0.3, 0.4) is 0 Å². The second-order valence-electron chi connectivity index (χ2n) is 8.27. The molecule has 0 saturated heterocycles. The van der Waals surface area contributed by atoms with E-state index < -0.39 is 15.9 Å². The summed E-state index contributed by atoms with van der Waals surface area (Å²) >= 11 is 0. The molecule has 0 fully saturated rings. The largest absolute Gasteiger partial charge is 0.493 e. The highest BCUT2D eigenvalue weighted by Crippen LogP contribution is 2.32. The van der Waals surface area contributed by atoms with E-state index >= 15 is 0 Å². The Morgan fingerprint density at radius 3 is 2.28 bits per heavy atom. The van der Waals surface area contributed by atoms with Crippen LogP contribution >= 0.6 is 0 Å². The van der Waals surface area contributed by atoms with Crippen LogP contribution in [0.5, 0.6) is 11.5 Å². The molecule has 3 aromatic rings. The highest BCUT2D eigenvalue weighted by atomic mass is 32.2. The Morgan fingerprint density at radius 2 is 1.69 bits per heavy atom. The lowest BCUT2D eigenvalue weighted by molar-refractivity contribution is -0.114. The number of halogens is 1. The average molecular weight is 515 g/mol. The quantitative estimate of drug-likeness (QED) is 0.419. The molecule has 0 saturated carbocycles. The lowest BCUT2D eigenvalue weighted by Crippen LogP contribution is -2.36. The summed E-state index contributed by atoms with van der Waals surface area (Å²) in [5.74, 6) is -1.03. The number of nitrogens with zero attached hydrogens (tertiary/aromatic N) is 1. The molecule has 8 nitrogen and oxygen atoms in total. The summed E-state index contributed by atoms with van der Waals surface area (Å²) in [7, 11) is -2.85. The molecule has 0 radical (unpaired) electrons. The second kappa shape index (κ2) is 11.2. The normalized spacial score (nSPS) is 11.2. The molecule has 0 aliphatic heterocycles. The van der Waals surface area contributed by atoms with Crippen molar-refractivity contribution < 1.29 is 31.3 Å². The van der Waals surface area contributed by atoms with Gasteiger partial charge in [0, 0.05) is 30.8 Å². The summed E-state index contributed by atoms with van der Waals surface area (Å²) in [4.78, 5) is 25.6. The van der Waals surface area contributed by atoms with Gasteiger partial charge in [-0.2, -0.15) is 8.42 Å². The Labute approximate surface area is 209 Å². The number of rotatable bonds is 9. The minimum absolute atomic E-state index is 0.0529. The van der Waals surface area contributed by atoms with Gasteiger partial charge in [-0.3, -0.25) is 9.59 Å². The smallest absolute Gasteiger partial charge is 0.339 e. The predicted molar refractivity (Wildman–Crippen MR) is 133 cm³/mol. The molecule has 0 heterocycles. The fraction of sp³-hybridized carbons (Fsp3) is 0.231. The van der Waals surface area contributed by atoms with Crippen LogP contribution in [0, 0.1) is 5.82 Å². The summed E-state index contributed by atoms with van der Waals surface area (Å²) in [5.41, 5.74) is 1.23. The molecule has 0 spiro atoms. The standard InChI is InChI=1S/C26H27FN2O6S/c1-17(2)29(26(31)20-6-5-7-21(27)15-20)16-19-8-13-24(34-4)25(14-19)35-36(32,33)23-11-9-22(10-12-23)28-18(3)30/h5-15,17H,16H2,1-4H3,(H,28,30). The van der Waals surface area contributed by atoms with Gasteiger partial charge in [0.25, 0.3) is 5.91 Å². The minimum atomic E-state index is -4.23. The zero-order valence-electron chi connectivity index (χ0n) is 20.3. The van der Waals surface area contributed by atoms with E-state index in [4.69, 9.17) is 8.92 Å². The fourth-order valence-electron chi connectivity index (χ4n) is 3.43. The van der Waals surface area contributed by atoms with Crippen LogP contribution in [-0.2, 0) is 21.5 Å². The van der Waals surface area contributed by atoms with Gasteiger partial charge in [0.1, 0.15) is 10.7 Å². The number of amides is 2. The van der Waals surface area contributed by atoms with E-state index in [9.17, 15) is 22.4 Å². The number of benzene rings is 3. The van der Waals surface area contributed by atoms with Crippen molar-refractivity contribution in [2.75, 3.05) is 12.4 Å². The number of nitrogens with one attached hydrogen (secondary N) is 1. The lowest BCUT2D eigenvalue weighted by Gasteiger charge is -2.27. The van der Waals surface area contributed by atoms with Gasteiger partial charge >= 0.3 is 10.1 Å². The van der Waals surface area contributed by atoms with Crippen molar-refractivity contribution in [3.8, 4) is 11.5 Å². The topological polar surface area (TPSA) is 102 Å². The molecule has 0 aromatic heterocycles. The van der Waals surface area contributed by atoms with Gasteiger partial charge < -0.3 is 19.1 Å². The SMILES string of the molecule is COc1ccc(CN(C(=O)c2cccc(F)c2)C(C)C)cc1OS(=O)(=O)c1ccc(NC(C)=O)cc1. The summed E-state index contributed by atoms with van der Waals surface area (Å²) in [6, 6.07) is 15.5. The van der Waals surface area contributed by atoms with Gasteiger partial charge in [0.05, 0.1) is 7.11 Å². The zero-order valence-corrected chi connectivity index (χ0v) is 21.1. The minimum Gasteiger partial charge on any atom is -0.493 e. The first-order valence-electron chi connectivity index (χ1n) is 11.1. The molecule has 10 heteroatoms. The number of hydrogen-bond acceptors (Lipinski definition) is 6. The van der Waals surface area contributed by atoms with Crippen molar-refractivity contribution in [3.05, 3.63) is 83.7 Å². The number of methoxy groups -OCH3 is 1. The van der Waals surface area contributed by atoms with Crippen LogP contribution in [0.4, 0.5) is 10.1 Å². The molecule has 3 rings (SSSR count). The first kappa shape index (κ1) is 26.7. The van der Waals surface area contributed by atoms with Gasteiger partial charge in [0.15, 0.2) is 11.5 Å². The van der Waals surface area contributed by atoms with Crippen LogP contribution in [0.1, 0.15) is 36.7 Å². The van der Waals surface area contributed by atoms with E-state index in [1.807, 2.05) is 13.8 Å². The molecule has 1 N–H and O–H groups in total. The molecule has 0 bridgehead atoms. The molecular formula is C26H27FN2O6S. The number of hydrogen-bond donors (Lipinski definition) is 1. The Morgan fingerprint density at radius 1 is 1.00 bits per heavy atom. The maximum absolute atomic E-state index is 13.7. The van der Waals surface area contributed by atoms with E-state index in [2.05, 4.69) is 5.32 Å². The molecule has 0 aliphatic carbocycles. The third kappa shape index (κ3) is 6.60. The maximum atomic E-state index is 13.7. The highest BCUT2D eigenvalue weighted by Gasteiger charge is 2.23. The van der Waals surface area contributed by atoms with Crippen molar-refractivity contribution in [2.24, 2.45) is 0 Å². The maximum Gasteiger partial charge on any atom is 0.339 e. The van der Waals surface area contributed by atoms with Gasteiger partial charge in [-0.05, 0) is 74.0 Å². The number of ether oxygens (including phenoxy) is 1. The van der Waals surface area contributed by atoms with Gasteiger partial charge in [-0.15, -0.1) is 0 Å². The van der Waals surface area contributed by atoms with Crippen LogP contribution in [0.25, 0.3) is 0 Å². The predicted octanol–water partition coefficient (Wildman–Crippen LogP) is 4.61. The monoisotopic (exact) mass is 514 g/mol. The van der Waals surface area contributed by atoms with Crippen molar-refractivity contribution >= 4 is 27.6 Å². The fourth-order valence-corrected chi connectivity index (χ4v) is 4.36. The average Bonchev–Trinajstić information content (AvgIpc) is 2.82. The number of carbonyl (C=O) groups is 2. The molecule has 0 aliphatic rings. The first-order valence-corrected chi connectivity index (χ1v) is 12.5. The first-order chi connectivity index (χ1) is 17.0. The number of anilines is 1. The van der Waals surface area contributed by atoms with Crippen LogP contribution in [0.15, 0.2) is 71.6 Å². The van der Waals surface area contributed by atoms with Crippen LogP contribution < -0.4 is 14.2 Å². The van der Waals surface area contributed by atoms with E-state index in [-0.39, 0.29) is 46.4 Å². The third-order valence-corrected chi connectivity index (χ3v) is 6.45. The second-order valence-corrected chi connectivity index (χ2v) is 9.81. The molecular weight excluding hydrogens is 487 g/mol. The lowest BCUT2D eigenvalue weighted by atomic mass is 10.1. The van der Waals surface area contributed by atoms with Gasteiger partial charge in [0.2, 0.25) is 5.91 Å². The Hall–Kier alpha value is -3.92. The third-order valence-electron chi connectivity index (χ3n) is 5.20. The summed E-state index contributed by atoms with van der Waals surface area (Å²) in [6.07, 6.45) is 0. The molecule has 3 aromatic carbocycles. The Bertz CT molecular complexity index is 1360. The van der Waals surface area contributed by atoms with E-state index in [0.717, 1.165) is 0 Å². The highest BCUT2D eigenvalue weighted by molar-refractivity contribution is 7.87. The molecule has 0 atom stereocenters. The summed E-state index contributed by atoms with van der Waals surface area (Å²) in [6.45, 7) is 5.12. The van der Waals surface area contributed by atoms with Crippen molar-refractivity contribution in [3.63, 3.8) is 0 Å².